The average molecular weight is 385 g/mol. The molecule has 6 heteroatoms. The fourth-order valence-corrected chi connectivity index (χ4v) is 2.99. The predicted molar refractivity (Wildman–Crippen MR) is 117 cm³/mol. The van der Waals surface area contributed by atoms with Gasteiger partial charge < -0.3 is 15.5 Å². The Bertz CT molecular complexity index is 1000. The number of aromatic nitrogens is 1. The van der Waals surface area contributed by atoms with E-state index in [2.05, 4.69) is 40.4 Å². The Hall–Kier alpha value is -3.85. The van der Waals surface area contributed by atoms with Gasteiger partial charge in [0.2, 0.25) is 0 Å². The van der Waals surface area contributed by atoms with Gasteiger partial charge in [0.1, 0.15) is 11.8 Å². The SMILES string of the molecule is CCN(CC)c1ccc(NC(=O)c2ccc(Nc3ccccc3C#N)cn2)cc1. The Morgan fingerprint density at radius 2 is 1.69 bits per heavy atom. The average Bonchev–Trinajstić information content (AvgIpc) is 2.76. The molecule has 29 heavy (non-hydrogen) atoms. The van der Waals surface area contributed by atoms with E-state index in [9.17, 15) is 4.79 Å². The summed E-state index contributed by atoms with van der Waals surface area (Å²) in [6, 6.07) is 20.5. The van der Waals surface area contributed by atoms with Crippen molar-refractivity contribution in [2.24, 2.45) is 0 Å². The lowest BCUT2D eigenvalue weighted by atomic mass is 10.2. The number of carbonyl (C=O) groups excluding carboxylic acids is 1. The third-order valence-electron chi connectivity index (χ3n) is 4.58. The van der Waals surface area contributed by atoms with Crippen LogP contribution in [0.25, 0.3) is 0 Å². The topological polar surface area (TPSA) is 81.0 Å². The Kier molecular flexibility index (Phi) is 6.43. The van der Waals surface area contributed by atoms with Crippen molar-refractivity contribution in [1.29, 1.82) is 5.26 Å². The minimum absolute atomic E-state index is 0.274. The number of anilines is 4. The van der Waals surface area contributed by atoms with E-state index < -0.39 is 0 Å². The molecule has 146 valence electrons. The van der Waals surface area contributed by atoms with Crippen LogP contribution in [0.5, 0.6) is 0 Å². The van der Waals surface area contributed by atoms with Gasteiger partial charge in [-0.05, 0) is 62.4 Å². The van der Waals surface area contributed by atoms with Crippen LogP contribution in [0, 0.1) is 11.3 Å². The number of nitriles is 1. The van der Waals surface area contributed by atoms with Crippen molar-refractivity contribution in [3.8, 4) is 6.07 Å². The first-order valence-corrected chi connectivity index (χ1v) is 9.53. The largest absolute Gasteiger partial charge is 0.372 e. The number of para-hydroxylation sites is 1. The minimum atomic E-state index is -0.274. The van der Waals surface area contributed by atoms with Crippen LogP contribution >= 0.6 is 0 Å². The van der Waals surface area contributed by atoms with E-state index in [4.69, 9.17) is 5.26 Å². The first-order chi connectivity index (χ1) is 14.1. The quantitative estimate of drug-likeness (QED) is 0.611. The normalized spacial score (nSPS) is 10.1. The van der Waals surface area contributed by atoms with Gasteiger partial charge in [-0.1, -0.05) is 12.1 Å². The van der Waals surface area contributed by atoms with Crippen LogP contribution in [0.4, 0.5) is 22.7 Å². The van der Waals surface area contributed by atoms with Gasteiger partial charge in [0.15, 0.2) is 0 Å². The number of rotatable bonds is 7. The molecular formula is C23H23N5O. The third-order valence-corrected chi connectivity index (χ3v) is 4.58. The predicted octanol–water partition coefficient (Wildman–Crippen LogP) is 4.80. The highest BCUT2D eigenvalue weighted by molar-refractivity contribution is 6.03. The molecule has 3 rings (SSSR count). The number of amides is 1. The summed E-state index contributed by atoms with van der Waals surface area (Å²) >= 11 is 0. The van der Waals surface area contributed by atoms with Gasteiger partial charge in [-0.3, -0.25) is 4.79 Å². The molecule has 0 unspecified atom stereocenters. The molecule has 2 aromatic carbocycles. The summed E-state index contributed by atoms with van der Waals surface area (Å²) < 4.78 is 0. The van der Waals surface area contributed by atoms with E-state index in [1.54, 1.807) is 24.4 Å². The standard InChI is InChI=1S/C23H23N5O/c1-3-28(4-2)20-12-9-18(10-13-20)27-23(29)22-14-11-19(16-25-22)26-21-8-6-5-7-17(21)15-24/h5-14,16,26H,3-4H2,1-2H3,(H,27,29). The molecule has 3 aromatic rings. The number of nitrogens with zero attached hydrogens (tertiary/aromatic N) is 3. The minimum Gasteiger partial charge on any atom is -0.372 e. The van der Waals surface area contributed by atoms with E-state index in [0.29, 0.717) is 22.6 Å². The Balaban J connectivity index is 1.65. The third kappa shape index (κ3) is 4.90. The van der Waals surface area contributed by atoms with Crippen LogP contribution in [0.2, 0.25) is 0 Å². The summed E-state index contributed by atoms with van der Waals surface area (Å²) in [5, 5.41) is 15.2. The van der Waals surface area contributed by atoms with Crippen molar-refractivity contribution in [2.75, 3.05) is 28.6 Å². The number of benzene rings is 2. The number of hydrogen-bond acceptors (Lipinski definition) is 5. The molecule has 0 aliphatic rings. The van der Waals surface area contributed by atoms with Crippen LogP contribution in [0.3, 0.4) is 0 Å². The summed E-state index contributed by atoms with van der Waals surface area (Å²) in [4.78, 5) is 18.9. The maximum atomic E-state index is 12.5. The zero-order valence-electron chi connectivity index (χ0n) is 16.5. The molecule has 1 amide bonds. The highest BCUT2D eigenvalue weighted by Crippen LogP contribution is 2.21. The van der Waals surface area contributed by atoms with Crippen molar-refractivity contribution >= 4 is 28.7 Å². The van der Waals surface area contributed by atoms with Crippen molar-refractivity contribution in [2.45, 2.75) is 13.8 Å². The molecule has 0 aliphatic carbocycles. The maximum Gasteiger partial charge on any atom is 0.274 e. The summed E-state index contributed by atoms with van der Waals surface area (Å²) in [5.41, 5.74) is 4.10. The van der Waals surface area contributed by atoms with Crippen molar-refractivity contribution in [3.63, 3.8) is 0 Å². The van der Waals surface area contributed by atoms with Gasteiger partial charge in [0.05, 0.1) is 23.1 Å². The summed E-state index contributed by atoms with van der Waals surface area (Å²) in [5.74, 6) is -0.274. The highest BCUT2D eigenvalue weighted by atomic mass is 16.1. The molecule has 0 spiro atoms. The molecule has 0 radical (unpaired) electrons. The number of nitrogens with one attached hydrogen (secondary N) is 2. The van der Waals surface area contributed by atoms with Gasteiger partial charge in [0.25, 0.3) is 5.91 Å². The molecule has 6 nitrogen and oxygen atoms in total. The lowest BCUT2D eigenvalue weighted by Gasteiger charge is -2.21. The molecule has 0 bridgehead atoms. The highest BCUT2D eigenvalue weighted by Gasteiger charge is 2.09. The molecule has 0 aliphatic heterocycles. The zero-order chi connectivity index (χ0) is 20.6. The smallest absolute Gasteiger partial charge is 0.274 e. The summed E-state index contributed by atoms with van der Waals surface area (Å²) in [7, 11) is 0. The van der Waals surface area contributed by atoms with E-state index in [1.165, 1.54) is 0 Å². The van der Waals surface area contributed by atoms with E-state index in [-0.39, 0.29) is 5.91 Å². The molecule has 0 atom stereocenters. The van der Waals surface area contributed by atoms with Crippen molar-refractivity contribution < 1.29 is 4.79 Å². The van der Waals surface area contributed by atoms with Crippen molar-refractivity contribution in [1.82, 2.24) is 4.98 Å². The number of hydrogen-bond donors (Lipinski definition) is 2. The van der Waals surface area contributed by atoms with Crippen molar-refractivity contribution in [3.05, 3.63) is 78.1 Å². The van der Waals surface area contributed by atoms with Gasteiger partial charge in [-0.15, -0.1) is 0 Å². The monoisotopic (exact) mass is 385 g/mol. The van der Waals surface area contributed by atoms with Crippen LogP contribution in [0.15, 0.2) is 66.9 Å². The van der Waals surface area contributed by atoms with E-state index >= 15 is 0 Å². The van der Waals surface area contributed by atoms with Gasteiger partial charge in [0, 0.05) is 24.5 Å². The van der Waals surface area contributed by atoms with Crippen LogP contribution in [0.1, 0.15) is 29.9 Å². The van der Waals surface area contributed by atoms with Gasteiger partial charge in [-0.2, -0.15) is 5.26 Å². The summed E-state index contributed by atoms with van der Waals surface area (Å²) in [6.45, 7) is 6.10. The first-order valence-electron chi connectivity index (χ1n) is 9.53. The number of carbonyl (C=O) groups is 1. The van der Waals surface area contributed by atoms with Crippen LogP contribution < -0.4 is 15.5 Å². The lowest BCUT2D eigenvalue weighted by molar-refractivity contribution is 0.102. The Morgan fingerprint density at radius 3 is 2.31 bits per heavy atom. The second-order valence-electron chi connectivity index (χ2n) is 6.39. The first kappa shape index (κ1) is 19.9. The summed E-state index contributed by atoms with van der Waals surface area (Å²) in [6.07, 6.45) is 1.58. The van der Waals surface area contributed by atoms with Crippen LogP contribution in [-0.2, 0) is 0 Å². The molecule has 1 aromatic heterocycles. The molecular weight excluding hydrogens is 362 g/mol. The van der Waals surface area contributed by atoms with Gasteiger partial charge in [-0.25, -0.2) is 4.98 Å². The lowest BCUT2D eigenvalue weighted by Crippen LogP contribution is -2.21. The Labute approximate surface area is 170 Å². The fraction of sp³-hybridized carbons (Fsp3) is 0.174. The number of pyridine rings is 1. The molecule has 0 fully saturated rings. The molecule has 0 saturated carbocycles. The maximum absolute atomic E-state index is 12.5. The van der Waals surface area contributed by atoms with E-state index in [1.807, 2.05) is 42.5 Å². The molecule has 1 heterocycles. The van der Waals surface area contributed by atoms with E-state index in [0.717, 1.165) is 24.5 Å². The zero-order valence-corrected chi connectivity index (χ0v) is 16.5. The second-order valence-corrected chi connectivity index (χ2v) is 6.39. The fourth-order valence-electron chi connectivity index (χ4n) is 2.99. The second kappa shape index (κ2) is 9.38. The molecule has 0 saturated heterocycles. The van der Waals surface area contributed by atoms with Crippen LogP contribution in [-0.4, -0.2) is 24.0 Å². The Morgan fingerprint density at radius 1 is 1.00 bits per heavy atom. The van der Waals surface area contributed by atoms with Gasteiger partial charge >= 0.3 is 0 Å². The molecule has 2 N–H and O–H groups in total.